The van der Waals surface area contributed by atoms with Crippen LogP contribution in [-0.4, -0.2) is 11.7 Å². The summed E-state index contributed by atoms with van der Waals surface area (Å²) in [5.41, 5.74) is 0.729. The lowest BCUT2D eigenvalue weighted by molar-refractivity contribution is -0.0632. The molecule has 16 heavy (non-hydrogen) atoms. The van der Waals surface area contributed by atoms with Crippen molar-refractivity contribution in [3.05, 3.63) is 0 Å². The van der Waals surface area contributed by atoms with Crippen LogP contribution in [0.5, 0.6) is 0 Å². The molecule has 0 amide bonds. The maximum Gasteiger partial charge on any atom is 0.0662 e. The standard InChI is InChI=1S/C15H26O/c1-10-6-5-8-15(4)9-7-11-12(15)13(10)16-14(11,2)3/h10-13H,5-9H2,1-4H3. The predicted molar refractivity (Wildman–Crippen MR) is 66.3 cm³/mol. The number of rotatable bonds is 0. The van der Waals surface area contributed by atoms with Gasteiger partial charge in [-0.25, -0.2) is 0 Å². The Morgan fingerprint density at radius 1 is 1.06 bits per heavy atom. The Labute approximate surface area is 99.9 Å². The molecule has 0 aromatic rings. The molecule has 0 bridgehead atoms. The second-order valence-electron chi connectivity index (χ2n) is 7.38. The second kappa shape index (κ2) is 3.25. The Hall–Kier alpha value is -0.0400. The first kappa shape index (κ1) is 11.1. The maximum atomic E-state index is 6.44. The summed E-state index contributed by atoms with van der Waals surface area (Å²) in [7, 11) is 0. The molecule has 3 aliphatic rings. The second-order valence-corrected chi connectivity index (χ2v) is 7.38. The summed E-state index contributed by atoms with van der Waals surface area (Å²) in [6, 6.07) is 0. The molecular weight excluding hydrogens is 196 g/mol. The molecule has 1 saturated heterocycles. The van der Waals surface area contributed by atoms with Gasteiger partial charge in [-0.2, -0.15) is 0 Å². The van der Waals surface area contributed by atoms with Gasteiger partial charge in [0.2, 0.25) is 0 Å². The highest BCUT2D eigenvalue weighted by molar-refractivity contribution is 5.09. The van der Waals surface area contributed by atoms with Crippen LogP contribution in [0.3, 0.4) is 0 Å². The Bertz CT molecular complexity index is 296. The summed E-state index contributed by atoms with van der Waals surface area (Å²) in [6.45, 7) is 9.59. The largest absolute Gasteiger partial charge is 0.371 e. The van der Waals surface area contributed by atoms with E-state index in [0.29, 0.717) is 11.5 Å². The lowest BCUT2D eigenvalue weighted by atomic mass is 9.70. The van der Waals surface area contributed by atoms with Crippen LogP contribution in [-0.2, 0) is 4.74 Å². The summed E-state index contributed by atoms with van der Waals surface area (Å²) >= 11 is 0. The molecule has 0 aromatic carbocycles. The molecule has 1 heteroatoms. The zero-order valence-corrected chi connectivity index (χ0v) is 11.3. The first-order valence-corrected chi connectivity index (χ1v) is 7.12. The molecule has 1 heterocycles. The first-order valence-electron chi connectivity index (χ1n) is 7.12. The van der Waals surface area contributed by atoms with E-state index in [1.807, 2.05) is 0 Å². The Balaban J connectivity index is 2.00. The van der Waals surface area contributed by atoms with Gasteiger partial charge in [0.1, 0.15) is 0 Å². The van der Waals surface area contributed by atoms with E-state index in [1.54, 1.807) is 0 Å². The molecule has 3 fully saturated rings. The summed E-state index contributed by atoms with van der Waals surface area (Å²) in [5.74, 6) is 2.44. The van der Waals surface area contributed by atoms with Crippen molar-refractivity contribution in [2.24, 2.45) is 23.2 Å². The minimum atomic E-state index is 0.138. The molecule has 0 N–H and O–H groups in total. The fraction of sp³-hybridized carbons (Fsp3) is 1.00. The maximum absolute atomic E-state index is 6.44. The van der Waals surface area contributed by atoms with Crippen LogP contribution in [0, 0.1) is 23.2 Å². The molecule has 5 atom stereocenters. The third-order valence-electron chi connectivity index (χ3n) is 5.92. The molecule has 1 nitrogen and oxygen atoms in total. The highest BCUT2D eigenvalue weighted by atomic mass is 16.5. The average molecular weight is 222 g/mol. The van der Waals surface area contributed by atoms with Gasteiger partial charge in [0, 0.05) is 0 Å². The van der Waals surface area contributed by atoms with Gasteiger partial charge < -0.3 is 4.74 Å². The normalized spacial score (nSPS) is 54.8. The first-order chi connectivity index (χ1) is 7.44. The van der Waals surface area contributed by atoms with Gasteiger partial charge >= 0.3 is 0 Å². The molecule has 5 unspecified atom stereocenters. The van der Waals surface area contributed by atoms with Crippen LogP contribution < -0.4 is 0 Å². The fourth-order valence-electron chi connectivity index (χ4n) is 4.99. The predicted octanol–water partition coefficient (Wildman–Crippen LogP) is 4.02. The van der Waals surface area contributed by atoms with Gasteiger partial charge in [0.15, 0.2) is 0 Å². The van der Waals surface area contributed by atoms with E-state index in [2.05, 4.69) is 27.7 Å². The van der Waals surface area contributed by atoms with Crippen molar-refractivity contribution in [1.29, 1.82) is 0 Å². The van der Waals surface area contributed by atoms with Gasteiger partial charge in [0.05, 0.1) is 11.7 Å². The Morgan fingerprint density at radius 2 is 1.81 bits per heavy atom. The Kier molecular flexibility index (Phi) is 2.25. The highest BCUT2D eigenvalue weighted by Gasteiger charge is 2.61. The van der Waals surface area contributed by atoms with Crippen LogP contribution in [0.15, 0.2) is 0 Å². The van der Waals surface area contributed by atoms with Crippen LogP contribution in [0.1, 0.15) is 59.8 Å². The molecular formula is C15H26O. The Morgan fingerprint density at radius 3 is 2.56 bits per heavy atom. The summed E-state index contributed by atoms with van der Waals surface area (Å²) < 4.78 is 6.44. The molecule has 92 valence electrons. The van der Waals surface area contributed by atoms with Crippen molar-refractivity contribution in [3.63, 3.8) is 0 Å². The van der Waals surface area contributed by atoms with Crippen molar-refractivity contribution in [2.45, 2.75) is 71.5 Å². The fourth-order valence-corrected chi connectivity index (χ4v) is 4.99. The smallest absolute Gasteiger partial charge is 0.0662 e. The third kappa shape index (κ3) is 1.33. The third-order valence-corrected chi connectivity index (χ3v) is 5.92. The minimum Gasteiger partial charge on any atom is -0.371 e. The quantitative estimate of drug-likeness (QED) is 0.601. The van der Waals surface area contributed by atoms with E-state index in [4.69, 9.17) is 4.74 Å². The van der Waals surface area contributed by atoms with Crippen LogP contribution in [0.2, 0.25) is 0 Å². The summed E-state index contributed by atoms with van der Waals surface area (Å²) in [4.78, 5) is 0. The van der Waals surface area contributed by atoms with Gasteiger partial charge in [-0.1, -0.05) is 20.3 Å². The van der Waals surface area contributed by atoms with Gasteiger partial charge in [-0.05, 0) is 62.7 Å². The van der Waals surface area contributed by atoms with Gasteiger partial charge in [-0.3, -0.25) is 0 Å². The number of hydrogen-bond donors (Lipinski definition) is 0. The summed E-state index contributed by atoms with van der Waals surface area (Å²) in [6.07, 6.45) is 7.63. The molecule has 0 aromatic heterocycles. The van der Waals surface area contributed by atoms with Crippen molar-refractivity contribution in [2.75, 3.05) is 0 Å². The van der Waals surface area contributed by atoms with E-state index in [1.165, 1.54) is 32.1 Å². The zero-order valence-electron chi connectivity index (χ0n) is 11.3. The number of ether oxygens (including phenoxy) is 1. The SMILES string of the molecule is CC1CCCC2(C)CCC3C2C1OC3(C)C. The molecule has 0 spiro atoms. The topological polar surface area (TPSA) is 9.23 Å². The molecule has 0 radical (unpaired) electrons. The molecule has 3 rings (SSSR count). The molecule has 2 saturated carbocycles. The van der Waals surface area contributed by atoms with E-state index in [9.17, 15) is 0 Å². The average Bonchev–Trinajstić information content (AvgIpc) is 2.62. The van der Waals surface area contributed by atoms with Crippen molar-refractivity contribution < 1.29 is 4.74 Å². The highest BCUT2D eigenvalue weighted by Crippen LogP contribution is 2.62. The van der Waals surface area contributed by atoms with Crippen LogP contribution in [0.25, 0.3) is 0 Å². The molecule has 1 aliphatic heterocycles. The number of hydrogen-bond acceptors (Lipinski definition) is 1. The van der Waals surface area contributed by atoms with Crippen molar-refractivity contribution in [1.82, 2.24) is 0 Å². The van der Waals surface area contributed by atoms with E-state index in [0.717, 1.165) is 17.8 Å². The van der Waals surface area contributed by atoms with Crippen molar-refractivity contribution >= 4 is 0 Å². The van der Waals surface area contributed by atoms with E-state index in [-0.39, 0.29) is 5.60 Å². The monoisotopic (exact) mass is 222 g/mol. The zero-order chi connectivity index (χ0) is 11.6. The minimum absolute atomic E-state index is 0.138. The van der Waals surface area contributed by atoms with E-state index < -0.39 is 0 Å². The molecule has 2 aliphatic carbocycles. The van der Waals surface area contributed by atoms with E-state index >= 15 is 0 Å². The van der Waals surface area contributed by atoms with Gasteiger partial charge in [0.25, 0.3) is 0 Å². The summed E-state index contributed by atoms with van der Waals surface area (Å²) in [5, 5.41) is 0. The van der Waals surface area contributed by atoms with Gasteiger partial charge in [-0.15, -0.1) is 0 Å². The lowest BCUT2D eigenvalue weighted by Crippen LogP contribution is -2.32. The van der Waals surface area contributed by atoms with Crippen LogP contribution >= 0.6 is 0 Å². The van der Waals surface area contributed by atoms with Crippen molar-refractivity contribution in [3.8, 4) is 0 Å². The van der Waals surface area contributed by atoms with Crippen LogP contribution in [0.4, 0.5) is 0 Å². The lowest BCUT2D eigenvalue weighted by Gasteiger charge is -2.33.